The summed E-state index contributed by atoms with van der Waals surface area (Å²) in [5, 5.41) is 2.89. The van der Waals surface area contributed by atoms with Gasteiger partial charge in [0.05, 0.1) is 23.6 Å². The van der Waals surface area contributed by atoms with Crippen LogP contribution in [0.25, 0.3) is 0 Å². The lowest BCUT2D eigenvalue weighted by Crippen LogP contribution is -2.34. The van der Waals surface area contributed by atoms with Crippen molar-refractivity contribution in [2.45, 2.75) is 38.2 Å². The molecule has 2 aliphatic heterocycles. The summed E-state index contributed by atoms with van der Waals surface area (Å²) in [5.41, 5.74) is 0.981. The molecule has 0 radical (unpaired) electrons. The topological polar surface area (TPSA) is 75.7 Å². The van der Waals surface area contributed by atoms with Gasteiger partial charge in [0.1, 0.15) is 0 Å². The van der Waals surface area contributed by atoms with Gasteiger partial charge in [-0.05, 0) is 62.1 Å². The molecule has 5 atom stereocenters. The Hall–Kier alpha value is -2.21. The van der Waals surface area contributed by atoms with Crippen LogP contribution >= 0.6 is 0 Å². The van der Waals surface area contributed by atoms with Crippen molar-refractivity contribution < 1.29 is 19.1 Å². The number of nitrogens with zero attached hydrogens (tertiary/aromatic N) is 1. The van der Waals surface area contributed by atoms with Gasteiger partial charge in [0.25, 0.3) is 5.91 Å². The minimum absolute atomic E-state index is 0.0749. The first-order valence-electron chi connectivity index (χ1n) is 10.0. The standard InChI is InChI=1S/C21H24N2O4/c24-19(22-11-16-5-2-8-27-16)14-3-1-4-15(10-14)23-20(25)17-12-6-7-13(9-12)18(17)21(23)26/h1,3-4,10,12-13,16-18H,2,5-9,11H2,(H,22,24)/t12-,13-,16-,17-,18-/m0/s1. The quantitative estimate of drug-likeness (QED) is 0.826. The molecular formula is C21H24N2O4. The summed E-state index contributed by atoms with van der Waals surface area (Å²) in [5.74, 6) is 0.0788. The summed E-state index contributed by atoms with van der Waals surface area (Å²) >= 11 is 0. The molecule has 0 unspecified atom stereocenters. The lowest BCUT2D eigenvalue weighted by atomic mass is 9.81. The van der Waals surface area contributed by atoms with E-state index >= 15 is 0 Å². The lowest BCUT2D eigenvalue weighted by Gasteiger charge is -2.19. The molecule has 2 saturated carbocycles. The second-order valence-corrected chi connectivity index (χ2v) is 8.29. The third kappa shape index (κ3) is 2.69. The van der Waals surface area contributed by atoms with E-state index in [0.29, 0.717) is 29.6 Å². The molecule has 4 fully saturated rings. The van der Waals surface area contributed by atoms with Gasteiger partial charge in [0.15, 0.2) is 0 Å². The number of benzene rings is 1. The average Bonchev–Trinajstić information content (AvgIpc) is 3.45. The number of anilines is 1. The van der Waals surface area contributed by atoms with E-state index in [1.165, 1.54) is 4.90 Å². The summed E-state index contributed by atoms with van der Waals surface area (Å²) in [6, 6.07) is 6.85. The molecule has 5 rings (SSSR count). The minimum Gasteiger partial charge on any atom is -0.376 e. The molecule has 27 heavy (non-hydrogen) atoms. The molecule has 2 aliphatic carbocycles. The van der Waals surface area contributed by atoms with Crippen LogP contribution in [-0.4, -0.2) is 37.0 Å². The van der Waals surface area contributed by atoms with Gasteiger partial charge in [0, 0.05) is 18.7 Å². The predicted molar refractivity (Wildman–Crippen MR) is 98.1 cm³/mol. The van der Waals surface area contributed by atoms with Crippen LogP contribution in [0.3, 0.4) is 0 Å². The molecular weight excluding hydrogens is 344 g/mol. The number of rotatable bonds is 4. The minimum atomic E-state index is -0.202. The maximum absolute atomic E-state index is 13.0. The summed E-state index contributed by atoms with van der Waals surface area (Å²) in [6.45, 7) is 1.23. The summed E-state index contributed by atoms with van der Waals surface area (Å²) in [4.78, 5) is 39.7. The van der Waals surface area contributed by atoms with E-state index in [1.54, 1.807) is 24.3 Å². The monoisotopic (exact) mass is 368 g/mol. The molecule has 1 aromatic carbocycles. The number of carbonyl (C=O) groups is 3. The van der Waals surface area contributed by atoms with Crippen molar-refractivity contribution in [2.24, 2.45) is 23.7 Å². The van der Waals surface area contributed by atoms with Gasteiger partial charge in [-0.2, -0.15) is 0 Å². The van der Waals surface area contributed by atoms with Gasteiger partial charge < -0.3 is 10.1 Å². The van der Waals surface area contributed by atoms with E-state index in [4.69, 9.17) is 4.74 Å². The maximum atomic E-state index is 13.0. The van der Waals surface area contributed by atoms with E-state index in [0.717, 1.165) is 38.7 Å². The van der Waals surface area contributed by atoms with Crippen LogP contribution in [-0.2, 0) is 14.3 Å². The first kappa shape index (κ1) is 16.9. The van der Waals surface area contributed by atoms with Crippen LogP contribution in [0.1, 0.15) is 42.5 Å². The predicted octanol–water partition coefficient (Wildman–Crippen LogP) is 2.13. The third-order valence-electron chi connectivity index (χ3n) is 6.81. The van der Waals surface area contributed by atoms with E-state index in [-0.39, 0.29) is 35.7 Å². The van der Waals surface area contributed by atoms with Gasteiger partial charge in [-0.25, -0.2) is 0 Å². The molecule has 3 amide bonds. The Bertz CT molecular complexity index is 773. The Morgan fingerprint density at radius 2 is 1.85 bits per heavy atom. The fraction of sp³-hybridized carbons (Fsp3) is 0.571. The van der Waals surface area contributed by atoms with Crippen molar-refractivity contribution in [3.05, 3.63) is 29.8 Å². The Morgan fingerprint density at radius 1 is 1.11 bits per heavy atom. The highest BCUT2D eigenvalue weighted by atomic mass is 16.5. The molecule has 6 nitrogen and oxygen atoms in total. The van der Waals surface area contributed by atoms with Gasteiger partial charge in [-0.3, -0.25) is 19.3 Å². The highest BCUT2D eigenvalue weighted by Crippen LogP contribution is 2.56. The zero-order valence-corrected chi connectivity index (χ0v) is 15.2. The van der Waals surface area contributed by atoms with E-state index in [2.05, 4.69) is 5.32 Å². The number of nitrogens with one attached hydrogen (secondary N) is 1. The van der Waals surface area contributed by atoms with Crippen molar-refractivity contribution >= 4 is 23.4 Å². The van der Waals surface area contributed by atoms with Crippen LogP contribution < -0.4 is 10.2 Å². The van der Waals surface area contributed by atoms with Crippen LogP contribution in [0.2, 0.25) is 0 Å². The van der Waals surface area contributed by atoms with Crippen molar-refractivity contribution in [1.82, 2.24) is 5.32 Å². The Kier molecular flexibility index (Phi) is 4.04. The normalized spacial score (nSPS) is 34.4. The number of imide groups is 1. The molecule has 1 aromatic rings. The second-order valence-electron chi connectivity index (χ2n) is 8.29. The zero-order valence-electron chi connectivity index (χ0n) is 15.2. The number of ether oxygens (including phenoxy) is 1. The Labute approximate surface area is 158 Å². The molecule has 0 aromatic heterocycles. The summed E-state index contributed by atoms with van der Waals surface area (Å²) < 4.78 is 5.53. The van der Waals surface area contributed by atoms with E-state index in [9.17, 15) is 14.4 Å². The first-order chi connectivity index (χ1) is 13.1. The molecule has 6 heteroatoms. The highest BCUT2D eigenvalue weighted by Gasteiger charge is 2.61. The molecule has 0 spiro atoms. The van der Waals surface area contributed by atoms with Gasteiger partial charge >= 0.3 is 0 Å². The Balaban J connectivity index is 1.34. The van der Waals surface area contributed by atoms with Crippen molar-refractivity contribution in [1.29, 1.82) is 0 Å². The van der Waals surface area contributed by atoms with Crippen LogP contribution in [0.15, 0.2) is 24.3 Å². The van der Waals surface area contributed by atoms with Crippen LogP contribution in [0.4, 0.5) is 5.69 Å². The molecule has 2 heterocycles. The molecule has 142 valence electrons. The SMILES string of the molecule is O=C(NC[C@@H]1CCCO1)c1cccc(N2C(=O)[C@H]3[C@H]4CC[C@@H](C4)[C@@H]3C2=O)c1. The molecule has 1 N–H and O–H groups in total. The maximum Gasteiger partial charge on any atom is 0.251 e. The van der Waals surface area contributed by atoms with E-state index < -0.39 is 0 Å². The van der Waals surface area contributed by atoms with Crippen molar-refractivity contribution in [3.63, 3.8) is 0 Å². The average molecular weight is 368 g/mol. The summed E-state index contributed by atoms with van der Waals surface area (Å²) in [7, 11) is 0. The van der Waals surface area contributed by atoms with Gasteiger partial charge in [0.2, 0.25) is 11.8 Å². The lowest BCUT2D eigenvalue weighted by molar-refractivity contribution is -0.123. The zero-order chi connectivity index (χ0) is 18.5. The third-order valence-corrected chi connectivity index (χ3v) is 6.81. The Morgan fingerprint density at radius 3 is 2.52 bits per heavy atom. The number of hydrogen-bond acceptors (Lipinski definition) is 4. The summed E-state index contributed by atoms with van der Waals surface area (Å²) in [6.07, 6.45) is 5.21. The van der Waals surface area contributed by atoms with Crippen LogP contribution in [0.5, 0.6) is 0 Å². The smallest absolute Gasteiger partial charge is 0.251 e. The number of fused-ring (bicyclic) bond motifs is 5. The molecule has 2 bridgehead atoms. The van der Waals surface area contributed by atoms with Crippen LogP contribution in [0, 0.1) is 23.7 Å². The first-order valence-corrected chi connectivity index (χ1v) is 10.0. The fourth-order valence-corrected chi connectivity index (χ4v) is 5.56. The highest BCUT2D eigenvalue weighted by molar-refractivity contribution is 6.22. The fourth-order valence-electron chi connectivity index (χ4n) is 5.56. The van der Waals surface area contributed by atoms with Gasteiger partial charge in [-0.15, -0.1) is 0 Å². The number of hydrogen-bond donors (Lipinski definition) is 1. The van der Waals surface area contributed by atoms with Gasteiger partial charge in [-0.1, -0.05) is 6.07 Å². The number of carbonyl (C=O) groups excluding carboxylic acids is 3. The van der Waals surface area contributed by atoms with Crippen molar-refractivity contribution in [2.75, 3.05) is 18.1 Å². The largest absolute Gasteiger partial charge is 0.376 e. The van der Waals surface area contributed by atoms with E-state index in [1.807, 2.05) is 0 Å². The molecule has 4 aliphatic rings. The molecule has 2 saturated heterocycles. The number of amides is 3. The second kappa shape index (κ2) is 6.44. The van der Waals surface area contributed by atoms with Crippen molar-refractivity contribution in [3.8, 4) is 0 Å².